The molecule has 2 amide bonds. The van der Waals surface area contributed by atoms with Crippen LogP contribution in [0.2, 0.25) is 0 Å². The number of para-hydroxylation sites is 3. The Labute approximate surface area is 206 Å². The fourth-order valence-electron chi connectivity index (χ4n) is 4.24. The Morgan fingerprint density at radius 1 is 0.971 bits per heavy atom. The first-order valence-electron chi connectivity index (χ1n) is 11.3. The molecule has 8 heteroatoms. The van der Waals surface area contributed by atoms with Gasteiger partial charge in [-0.3, -0.25) is 23.9 Å². The van der Waals surface area contributed by atoms with E-state index < -0.39 is 5.25 Å². The number of nitrogens with zero attached hydrogens (tertiary/aromatic N) is 3. The summed E-state index contributed by atoms with van der Waals surface area (Å²) in [5, 5.41) is 3.15. The second kappa shape index (κ2) is 9.03. The molecular formula is C27H24N4O3S. The van der Waals surface area contributed by atoms with Crippen LogP contribution in [0.3, 0.4) is 0 Å². The van der Waals surface area contributed by atoms with Crippen molar-refractivity contribution in [3.8, 4) is 5.69 Å². The van der Waals surface area contributed by atoms with Gasteiger partial charge >= 0.3 is 0 Å². The second-order valence-corrected chi connectivity index (χ2v) is 9.83. The number of hydrogen-bond donors (Lipinski definition) is 1. The fraction of sp³-hybridized carbons (Fsp3) is 0.185. The Morgan fingerprint density at radius 2 is 1.69 bits per heavy atom. The first-order valence-corrected chi connectivity index (χ1v) is 12.2. The molecule has 1 N–H and O–H groups in total. The zero-order chi connectivity index (χ0) is 24.7. The molecule has 0 saturated carbocycles. The molecule has 4 aromatic rings. The molecule has 5 rings (SSSR count). The van der Waals surface area contributed by atoms with Crippen LogP contribution in [0.4, 0.5) is 11.4 Å². The van der Waals surface area contributed by atoms with E-state index >= 15 is 0 Å². The largest absolute Gasteiger partial charge is 0.323 e. The third-order valence-corrected chi connectivity index (χ3v) is 7.27. The molecule has 1 aliphatic heterocycles. The number of aromatic nitrogens is 2. The molecule has 7 nitrogen and oxygen atoms in total. The van der Waals surface area contributed by atoms with Crippen molar-refractivity contribution in [2.75, 3.05) is 16.8 Å². The predicted octanol–water partition coefficient (Wildman–Crippen LogP) is 4.47. The van der Waals surface area contributed by atoms with E-state index in [4.69, 9.17) is 4.98 Å². The third kappa shape index (κ3) is 4.10. The van der Waals surface area contributed by atoms with Crippen molar-refractivity contribution < 1.29 is 9.59 Å². The highest BCUT2D eigenvalue weighted by molar-refractivity contribution is 8.00. The molecule has 35 heavy (non-hydrogen) atoms. The minimum absolute atomic E-state index is 0.0598. The number of fused-ring (bicyclic) bond motifs is 2. The van der Waals surface area contributed by atoms with Gasteiger partial charge in [0.2, 0.25) is 11.8 Å². The maximum Gasteiger partial charge on any atom is 0.266 e. The molecule has 0 radical (unpaired) electrons. The van der Waals surface area contributed by atoms with E-state index in [1.807, 2.05) is 62.4 Å². The van der Waals surface area contributed by atoms with Gasteiger partial charge in [0.15, 0.2) is 5.16 Å². The zero-order valence-corrected chi connectivity index (χ0v) is 20.4. The minimum Gasteiger partial charge on any atom is -0.323 e. The van der Waals surface area contributed by atoms with Crippen LogP contribution in [-0.4, -0.2) is 33.2 Å². The molecule has 0 spiro atoms. The Bertz CT molecular complexity index is 1550. The molecule has 1 unspecified atom stereocenters. The van der Waals surface area contributed by atoms with E-state index in [0.29, 0.717) is 27.4 Å². The first-order chi connectivity index (χ1) is 16.8. The number of thioether (sulfide) groups is 1. The summed E-state index contributed by atoms with van der Waals surface area (Å²) in [6, 6.07) is 20.2. The average Bonchev–Trinajstić information content (AvgIpc) is 2.85. The summed E-state index contributed by atoms with van der Waals surface area (Å²) in [5.41, 5.74) is 4.40. The molecule has 176 valence electrons. The van der Waals surface area contributed by atoms with Gasteiger partial charge in [-0.15, -0.1) is 0 Å². The van der Waals surface area contributed by atoms with Crippen molar-refractivity contribution in [1.29, 1.82) is 0 Å². The highest BCUT2D eigenvalue weighted by Gasteiger charge is 2.31. The maximum absolute atomic E-state index is 13.6. The normalized spacial score (nSPS) is 13.9. The van der Waals surface area contributed by atoms with Gasteiger partial charge in [0.1, 0.15) is 6.54 Å². The van der Waals surface area contributed by atoms with Gasteiger partial charge in [-0.05, 0) is 62.2 Å². The van der Waals surface area contributed by atoms with Crippen LogP contribution in [-0.2, 0) is 9.59 Å². The van der Waals surface area contributed by atoms with Gasteiger partial charge in [-0.25, -0.2) is 4.98 Å². The van der Waals surface area contributed by atoms with Crippen molar-refractivity contribution >= 4 is 45.9 Å². The van der Waals surface area contributed by atoms with Gasteiger partial charge in [0.05, 0.1) is 33.2 Å². The van der Waals surface area contributed by atoms with Crippen molar-refractivity contribution in [3.63, 3.8) is 0 Å². The van der Waals surface area contributed by atoms with Crippen LogP contribution < -0.4 is 15.8 Å². The SMILES string of the molecule is Cc1cccc(-n2c(SC(C)C(=O)N3CC(=O)Nc4ccccc43)nc3ccccc3c2=O)c1C. The van der Waals surface area contributed by atoms with Crippen LogP contribution in [0, 0.1) is 13.8 Å². The number of amides is 2. The third-order valence-electron chi connectivity index (χ3n) is 6.23. The van der Waals surface area contributed by atoms with Crippen molar-refractivity contribution in [2.45, 2.75) is 31.2 Å². The van der Waals surface area contributed by atoms with Gasteiger partial charge < -0.3 is 5.32 Å². The first kappa shape index (κ1) is 22.9. The van der Waals surface area contributed by atoms with Crippen LogP contribution >= 0.6 is 11.8 Å². The molecule has 1 atom stereocenters. The Morgan fingerprint density at radius 3 is 2.51 bits per heavy atom. The Kier molecular flexibility index (Phi) is 5.90. The number of carbonyl (C=O) groups is 2. The number of benzene rings is 3. The van der Waals surface area contributed by atoms with E-state index in [1.54, 1.807) is 29.7 Å². The summed E-state index contributed by atoms with van der Waals surface area (Å²) in [6.07, 6.45) is 0. The highest BCUT2D eigenvalue weighted by Crippen LogP contribution is 2.33. The number of anilines is 2. The van der Waals surface area contributed by atoms with Crippen LogP contribution in [0.1, 0.15) is 18.1 Å². The lowest BCUT2D eigenvalue weighted by Crippen LogP contribution is -2.45. The average molecular weight is 485 g/mol. The minimum atomic E-state index is -0.599. The lowest BCUT2D eigenvalue weighted by molar-refractivity contribution is -0.121. The van der Waals surface area contributed by atoms with E-state index in [2.05, 4.69) is 5.32 Å². The maximum atomic E-state index is 13.6. The summed E-state index contributed by atoms with van der Waals surface area (Å²) in [5.74, 6) is -0.474. The highest BCUT2D eigenvalue weighted by atomic mass is 32.2. The van der Waals surface area contributed by atoms with Gasteiger partial charge in [0, 0.05) is 0 Å². The summed E-state index contributed by atoms with van der Waals surface area (Å²) in [4.78, 5) is 45.7. The summed E-state index contributed by atoms with van der Waals surface area (Å²) >= 11 is 1.22. The van der Waals surface area contributed by atoms with Crippen LogP contribution in [0.25, 0.3) is 16.6 Å². The lowest BCUT2D eigenvalue weighted by atomic mass is 10.1. The molecule has 0 fully saturated rings. The van der Waals surface area contributed by atoms with E-state index in [1.165, 1.54) is 16.7 Å². The predicted molar refractivity (Wildman–Crippen MR) is 140 cm³/mol. The Balaban J connectivity index is 1.59. The quantitative estimate of drug-likeness (QED) is 0.341. The van der Waals surface area contributed by atoms with Crippen LogP contribution in [0.15, 0.2) is 76.7 Å². The molecule has 1 aromatic heterocycles. The number of hydrogen-bond acceptors (Lipinski definition) is 5. The van der Waals surface area contributed by atoms with Crippen molar-refractivity contribution in [1.82, 2.24) is 9.55 Å². The lowest BCUT2D eigenvalue weighted by Gasteiger charge is -2.31. The standard InChI is InChI=1S/C27H24N4O3S/c1-16-9-8-14-22(17(16)2)31-26(34)19-10-4-5-11-20(19)29-27(31)35-18(3)25(33)30-15-24(32)28-21-12-6-7-13-23(21)30/h4-14,18H,15H2,1-3H3,(H,28,32). The zero-order valence-electron chi connectivity index (χ0n) is 19.6. The molecule has 0 aliphatic carbocycles. The fourth-order valence-corrected chi connectivity index (χ4v) is 5.22. The van der Waals surface area contributed by atoms with Crippen LogP contribution in [0.5, 0.6) is 0 Å². The van der Waals surface area contributed by atoms with Gasteiger partial charge in [0.25, 0.3) is 5.56 Å². The molecule has 0 saturated heterocycles. The topological polar surface area (TPSA) is 84.3 Å². The number of aryl methyl sites for hydroxylation is 1. The summed E-state index contributed by atoms with van der Waals surface area (Å²) in [6.45, 7) is 5.68. The van der Waals surface area contributed by atoms with Gasteiger partial charge in [-0.1, -0.05) is 48.2 Å². The van der Waals surface area contributed by atoms with Gasteiger partial charge in [-0.2, -0.15) is 0 Å². The van der Waals surface area contributed by atoms with Crippen molar-refractivity contribution in [2.24, 2.45) is 0 Å². The number of carbonyl (C=O) groups excluding carboxylic acids is 2. The smallest absolute Gasteiger partial charge is 0.266 e. The number of nitrogens with one attached hydrogen (secondary N) is 1. The molecule has 2 heterocycles. The Hall–Kier alpha value is -3.91. The monoisotopic (exact) mass is 484 g/mol. The van der Waals surface area contributed by atoms with Crippen molar-refractivity contribution in [3.05, 3.63) is 88.2 Å². The molecule has 0 bridgehead atoms. The summed E-state index contributed by atoms with van der Waals surface area (Å²) in [7, 11) is 0. The number of rotatable bonds is 4. The second-order valence-electron chi connectivity index (χ2n) is 8.52. The summed E-state index contributed by atoms with van der Waals surface area (Å²) < 4.78 is 1.59. The molecule has 3 aromatic carbocycles. The molecule has 1 aliphatic rings. The molecular weight excluding hydrogens is 460 g/mol. The van der Waals surface area contributed by atoms with E-state index in [0.717, 1.165) is 16.8 Å². The van der Waals surface area contributed by atoms with E-state index in [9.17, 15) is 14.4 Å². The van der Waals surface area contributed by atoms with E-state index in [-0.39, 0.29) is 23.9 Å².